The summed E-state index contributed by atoms with van der Waals surface area (Å²) < 4.78 is 60.7. The van der Waals surface area contributed by atoms with Crippen LogP contribution in [0, 0.1) is 0 Å². The fourth-order valence-electron chi connectivity index (χ4n) is 7.25. The number of hydrogen-bond acceptors (Lipinski definition) is 15. The van der Waals surface area contributed by atoms with Crippen molar-refractivity contribution in [3.05, 3.63) is 0 Å². The molecule has 0 aromatic rings. The van der Waals surface area contributed by atoms with Gasteiger partial charge >= 0.3 is 23.9 Å². The summed E-state index contributed by atoms with van der Waals surface area (Å²) in [6.45, 7) is 14.8. The van der Waals surface area contributed by atoms with Gasteiger partial charge in [0.1, 0.15) is 31.0 Å². The molecule has 3 rings (SSSR count). The van der Waals surface area contributed by atoms with E-state index in [1.165, 1.54) is 0 Å². The number of aliphatic hydroxyl groups is 1. The molecule has 0 saturated carbocycles. The molecule has 9 atom stereocenters. The molecule has 0 aliphatic carbocycles. The smallest absolute Gasteiger partial charge is 0.306 e. The van der Waals surface area contributed by atoms with Crippen LogP contribution < -0.4 is 0 Å². The number of carbonyl (C=O) groups is 4. The van der Waals surface area contributed by atoms with Crippen LogP contribution in [0.25, 0.3) is 0 Å². The third-order valence-electron chi connectivity index (χ3n) is 10.4. The summed E-state index contributed by atoms with van der Waals surface area (Å²) in [5.41, 5.74) is 0. The van der Waals surface area contributed by atoms with E-state index < -0.39 is 97.4 Å². The first kappa shape index (κ1) is 50.0. The van der Waals surface area contributed by atoms with Crippen molar-refractivity contribution in [1.82, 2.24) is 0 Å². The molecule has 15 heteroatoms. The summed E-state index contributed by atoms with van der Waals surface area (Å²) in [6.07, 6.45) is -0.119. The predicted octanol–water partition coefficient (Wildman–Crippen LogP) is 7.10. The average Bonchev–Trinajstić information content (AvgIpc) is 3.70. The van der Waals surface area contributed by atoms with Crippen molar-refractivity contribution in [2.24, 2.45) is 0 Å². The van der Waals surface area contributed by atoms with E-state index in [9.17, 15) is 24.3 Å². The van der Waals surface area contributed by atoms with Crippen molar-refractivity contribution < 1.29 is 71.7 Å². The molecular formula is C43H74O15. The maximum atomic E-state index is 13.6. The highest BCUT2D eigenvalue weighted by atomic mass is 16.8. The number of aliphatic hydroxyl groups excluding tert-OH is 1. The summed E-state index contributed by atoms with van der Waals surface area (Å²) in [4.78, 5) is 53.4. The number of carbonyl (C=O) groups excluding carboxylic acids is 4. The Morgan fingerprint density at radius 2 is 1.09 bits per heavy atom. The Kier molecular flexibility index (Phi) is 21.9. The van der Waals surface area contributed by atoms with Crippen molar-refractivity contribution in [3.8, 4) is 0 Å². The maximum absolute atomic E-state index is 13.6. The molecule has 0 radical (unpaired) electrons. The number of ether oxygens (including phenoxy) is 10. The Bertz CT molecular complexity index is 1240. The predicted molar refractivity (Wildman–Crippen MR) is 211 cm³/mol. The summed E-state index contributed by atoms with van der Waals surface area (Å²) in [6, 6.07) is 0. The first-order chi connectivity index (χ1) is 27.6. The van der Waals surface area contributed by atoms with Gasteiger partial charge in [0.05, 0.1) is 6.61 Å². The van der Waals surface area contributed by atoms with Crippen molar-refractivity contribution in [1.29, 1.82) is 0 Å². The Morgan fingerprint density at radius 1 is 0.603 bits per heavy atom. The third kappa shape index (κ3) is 16.9. The molecule has 15 nitrogen and oxygen atoms in total. The molecule has 3 fully saturated rings. The largest absolute Gasteiger partial charge is 0.463 e. The van der Waals surface area contributed by atoms with Crippen LogP contribution in [0.3, 0.4) is 0 Å². The van der Waals surface area contributed by atoms with Crippen LogP contribution >= 0.6 is 0 Å². The zero-order valence-electron chi connectivity index (χ0n) is 36.5. The van der Waals surface area contributed by atoms with Gasteiger partial charge in [-0.2, -0.15) is 0 Å². The van der Waals surface area contributed by atoms with Crippen LogP contribution in [0.1, 0.15) is 171 Å². The van der Waals surface area contributed by atoms with E-state index in [4.69, 9.17) is 47.4 Å². The molecule has 58 heavy (non-hydrogen) atoms. The molecule has 0 aromatic heterocycles. The van der Waals surface area contributed by atoms with Gasteiger partial charge in [0.25, 0.3) is 0 Å². The Hall–Kier alpha value is -2.40. The zero-order chi connectivity index (χ0) is 42.7. The average molecular weight is 831 g/mol. The molecule has 3 saturated heterocycles. The molecule has 0 bridgehead atoms. The minimum Gasteiger partial charge on any atom is -0.463 e. The fraction of sp³-hybridized carbons (Fsp3) is 0.907. The first-order valence-corrected chi connectivity index (χ1v) is 22.0. The maximum Gasteiger partial charge on any atom is 0.306 e. The van der Waals surface area contributed by atoms with Crippen LogP contribution in [0.15, 0.2) is 0 Å². The summed E-state index contributed by atoms with van der Waals surface area (Å²) in [7, 11) is 0. The molecule has 0 amide bonds. The second kappa shape index (κ2) is 25.4. The molecule has 0 aromatic carbocycles. The standard InChI is InChI=1S/C43H74O15/c1-9-13-17-18-22-26-34(47)54-39-37(53-33(46)25-21-16-12-4)35(52-32(45)24-20-15-11-3)29(27-49-31(44)23-19-14-10-2)51-41(39)55-40(48)38-36(57-43(7,8)58-38)30-28-50-42(5,6)56-30/h29-30,35-41,48H,9-28H2,1-8H3/t29-,30-,35-,36-,37+,38+,39+,40?,41+/m1/s1. The lowest BCUT2D eigenvalue weighted by atomic mass is 9.97. The SMILES string of the molecule is CCCCCCCC(=O)O[C@@H]1[C@H](OC(O)[C@H]2OC(C)(C)O[C@@H]2[C@H]2COC(C)(C)O2)O[C@H](COC(=O)CCCCC)[C@@H](OC(=O)CCCCC)[C@@H]1OC(=O)CCCCC. The topological polar surface area (TPSA) is 181 Å². The second-order valence-electron chi connectivity index (χ2n) is 16.6. The van der Waals surface area contributed by atoms with Crippen LogP contribution in [-0.2, 0) is 66.5 Å². The van der Waals surface area contributed by atoms with Crippen molar-refractivity contribution >= 4 is 23.9 Å². The molecule has 336 valence electrons. The number of unbranched alkanes of at least 4 members (excludes halogenated alkanes) is 10. The van der Waals surface area contributed by atoms with Gasteiger partial charge in [0.2, 0.25) is 6.29 Å². The van der Waals surface area contributed by atoms with Crippen LogP contribution in [-0.4, -0.2) is 109 Å². The minimum absolute atomic E-state index is 0.0511. The second-order valence-corrected chi connectivity index (χ2v) is 16.6. The van der Waals surface area contributed by atoms with Gasteiger partial charge < -0.3 is 52.5 Å². The van der Waals surface area contributed by atoms with Crippen LogP contribution in [0.4, 0.5) is 0 Å². The van der Waals surface area contributed by atoms with Gasteiger partial charge in [-0.1, -0.05) is 91.9 Å². The highest BCUT2D eigenvalue weighted by Gasteiger charge is 2.57. The molecule has 1 unspecified atom stereocenters. The Balaban J connectivity index is 2.02. The van der Waals surface area contributed by atoms with Gasteiger partial charge in [-0.15, -0.1) is 0 Å². The number of hydrogen-bond donors (Lipinski definition) is 1. The number of esters is 4. The van der Waals surface area contributed by atoms with E-state index in [1.807, 2.05) is 20.8 Å². The summed E-state index contributed by atoms with van der Waals surface area (Å²) in [5, 5.41) is 11.8. The van der Waals surface area contributed by atoms with E-state index in [-0.39, 0.29) is 32.3 Å². The van der Waals surface area contributed by atoms with Crippen molar-refractivity contribution in [3.63, 3.8) is 0 Å². The normalized spacial score (nSPS) is 28.2. The highest BCUT2D eigenvalue weighted by Crippen LogP contribution is 2.39. The van der Waals surface area contributed by atoms with E-state index in [2.05, 4.69) is 6.92 Å². The summed E-state index contributed by atoms with van der Waals surface area (Å²) in [5.74, 6) is -4.37. The molecule has 3 aliphatic heterocycles. The lowest BCUT2D eigenvalue weighted by Crippen LogP contribution is -2.64. The zero-order valence-corrected chi connectivity index (χ0v) is 36.5. The van der Waals surface area contributed by atoms with Crippen molar-refractivity contribution in [2.45, 2.75) is 238 Å². The molecule has 1 N–H and O–H groups in total. The highest BCUT2D eigenvalue weighted by molar-refractivity contribution is 5.72. The monoisotopic (exact) mass is 831 g/mol. The van der Waals surface area contributed by atoms with Gasteiger partial charge in [0.15, 0.2) is 36.2 Å². The van der Waals surface area contributed by atoms with E-state index in [0.29, 0.717) is 25.7 Å². The lowest BCUT2D eigenvalue weighted by Gasteiger charge is -2.45. The Labute approximate surface area is 346 Å². The third-order valence-corrected chi connectivity index (χ3v) is 10.4. The lowest BCUT2D eigenvalue weighted by molar-refractivity contribution is -0.347. The van der Waals surface area contributed by atoms with Crippen LogP contribution in [0.5, 0.6) is 0 Å². The van der Waals surface area contributed by atoms with Gasteiger partial charge in [-0.3, -0.25) is 19.2 Å². The van der Waals surface area contributed by atoms with Gasteiger partial charge in [-0.05, 0) is 53.4 Å². The molecule has 0 spiro atoms. The molecule has 3 aliphatic rings. The van der Waals surface area contributed by atoms with Crippen LogP contribution in [0.2, 0.25) is 0 Å². The first-order valence-electron chi connectivity index (χ1n) is 22.0. The fourth-order valence-corrected chi connectivity index (χ4v) is 7.25. The van der Waals surface area contributed by atoms with E-state index >= 15 is 0 Å². The Morgan fingerprint density at radius 3 is 1.62 bits per heavy atom. The van der Waals surface area contributed by atoms with E-state index in [0.717, 1.165) is 64.2 Å². The molecule has 3 heterocycles. The van der Waals surface area contributed by atoms with Crippen molar-refractivity contribution in [2.75, 3.05) is 13.2 Å². The van der Waals surface area contributed by atoms with E-state index in [1.54, 1.807) is 27.7 Å². The quantitative estimate of drug-likeness (QED) is 0.0383. The minimum atomic E-state index is -1.77. The number of rotatable bonds is 27. The van der Waals surface area contributed by atoms with Gasteiger partial charge in [-0.25, -0.2) is 0 Å². The molecular weight excluding hydrogens is 756 g/mol. The van der Waals surface area contributed by atoms with Gasteiger partial charge in [0, 0.05) is 25.7 Å². The summed E-state index contributed by atoms with van der Waals surface area (Å²) >= 11 is 0.